The van der Waals surface area contributed by atoms with E-state index in [1.165, 1.54) is 11.9 Å². The standard InChI is InChI=1S/C19H24N7O3/c1-12-11-25-15-16(23(2)19(28)24(3)17(15)27)21-18(25)26(22-12)9-8-20-13-6-5-7-14(10-13)29-4/h5-7,10,15,20H,8-9,11H2,1-4H3/q+1. The maximum atomic E-state index is 12.8. The van der Waals surface area contributed by atoms with E-state index in [0.717, 1.165) is 22.0 Å². The van der Waals surface area contributed by atoms with Crippen LogP contribution in [0, 0.1) is 0 Å². The van der Waals surface area contributed by atoms with Crippen LogP contribution < -0.4 is 10.1 Å². The Morgan fingerprint density at radius 1 is 1.28 bits per heavy atom. The van der Waals surface area contributed by atoms with Crippen LogP contribution in [0.1, 0.15) is 6.92 Å². The van der Waals surface area contributed by atoms with Crippen LogP contribution in [0.3, 0.4) is 0 Å². The number of imide groups is 1. The Kier molecular flexibility index (Phi) is 4.69. The number of hydrazone groups is 1. The number of urea groups is 1. The molecule has 1 unspecified atom stereocenters. The van der Waals surface area contributed by atoms with Crippen molar-refractivity contribution < 1.29 is 18.9 Å². The lowest BCUT2D eigenvalue weighted by atomic mass is 10.1. The number of methoxy groups -OCH3 is 1. The van der Waals surface area contributed by atoms with Crippen molar-refractivity contribution in [3.8, 4) is 5.75 Å². The largest absolute Gasteiger partial charge is 0.497 e. The molecule has 0 spiro atoms. The van der Waals surface area contributed by atoms with Crippen LogP contribution in [0.15, 0.2) is 34.4 Å². The third-order valence-electron chi connectivity index (χ3n) is 5.15. The van der Waals surface area contributed by atoms with Crippen molar-refractivity contribution in [1.29, 1.82) is 0 Å². The van der Waals surface area contributed by atoms with Gasteiger partial charge in [-0.15, -0.1) is 10.1 Å². The highest BCUT2D eigenvalue weighted by Crippen LogP contribution is 2.22. The third-order valence-corrected chi connectivity index (χ3v) is 5.15. The van der Waals surface area contributed by atoms with Crippen molar-refractivity contribution in [2.45, 2.75) is 13.0 Å². The summed E-state index contributed by atoms with van der Waals surface area (Å²) in [6.45, 7) is 3.57. The second-order valence-electron chi connectivity index (χ2n) is 7.16. The predicted molar refractivity (Wildman–Crippen MR) is 109 cm³/mol. The number of carbonyl (C=O) groups excluding carboxylic acids is 2. The van der Waals surface area contributed by atoms with Crippen LogP contribution in [0.5, 0.6) is 5.75 Å². The number of nitrogens with one attached hydrogen (secondary N) is 1. The summed E-state index contributed by atoms with van der Waals surface area (Å²) >= 11 is 0. The van der Waals surface area contributed by atoms with E-state index in [4.69, 9.17) is 4.74 Å². The fourth-order valence-electron chi connectivity index (χ4n) is 3.67. The number of rotatable bonds is 5. The monoisotopic (exact) mass is 398 g/mol. The molecule has 0 bridgehead atoms. The van der Waals surface area contributed by atoms with Gasteiger partial charge in [-0.2, -0.15) is 0 Å². The van der Waals surface area contributed by atoms with Gasteiger partial charge in [0.1, 0.15) is 18.8 Å². The van der Waals surface area contributed by atoms with Crippen molar-refractivity contribution in [2.75, 3.05) is 46.2 Å². The highest BCUT2D eigenvalue weighted by molar-refractivity contribution is 6.23. The highest BCUT2D eigenvalue weighted by Gasteiger charge is 2.53. The topological polar surface area (TPSA) is 92.8 Å². The van der Waals surface area contributed by atoms with E-state index in [1.54, 1.807) is 19.2 Å². The number of fused-ring (bicyclic) bond motifs is 2. The van der Waals surface area contributed by atoms with Crippen molar-refractivity contribution in [3.63, 3.8) is 0 Å². The molecule has 1 saturated heterocycles. The van der Waals surface area contributed by atoms with E-state index in [0.29, 0.717) is 31.4 Å². The Balaban J connectivity index is 1.53. The second kappa shape index (κ2) is 7.19. The van der Waals surface area contributed by atoms with Gasteiger partial charge in [0.15, 0.2) is 0 Å². The number of hydrogen-bond donors (Lipinski definition) is 1. The van der Waals surface area contributed by atoms with E-state index in [1.807, 2.05) is 35.8 Å². The number of likely N-dealkylation sites (N-methyl/N-ethyl adjacent to an activating group) is 2. The molecule has 4 rings (SSSR count). The lowest BCUT2D eigenvalue weighted by Crippen LogP contribution is -2.62. The number of carbonyl (C=O) groups is 2. The van der Waals surface area contributed by atoms with E-state index >= 15 is 0 Å². The van der Waals surface area contributed by atoms with Gasteiger partial charge < -0.3 is 10.1 Å². The first kappa shape index (κ1) is 18.9. The summed E-state index contributed by atoms with van der Waals surface area (Å²) in [6, 6.07) is 6.71. The minimum absolute atomic E-state index is 0.272. The van der Waals surface area contributed by atoms with Gasteiger partial charge in [-0.05, 0) is 19.1 Å². The molecule has 10 nitrogen and oxygen atoms in total. The number of benzene rings is 1. The first-order valence-electron chi connectivity index (χ1n) is 9.37. The van der Waals surface area contributed by atoms with Gasteiger partial charge in [0.2, 0.25) is 11.9 Å². The molecule has 0 aliphatic carbocycles. The van der Waals surface area contributed by atoms with Crippen molar-refractivity contribution in [1.82, 2.24) is 14.8 Å². The Bertz CT molecular complexity index is 968. The number of anilines is 1. The Labute approximate surface area is 168 Å². The van der Waals surface area contributed by atoms with Crippen LogP contribution in [0.25, 0.3) is 0 Å². The summed E-state index contributed by atoms with van der Waals surface area (Å²) in [4.78, 5) is 32.2. The Hall–Kier alpha value is -3.43. The van der Waals surface area contributed by atoms with Crippen LogP contribution >= 0.6 is 0 Å². The minimum atomic E-state index is -0.600. The van der Waals surface area contributed by atoms with Gasteiger partial charge >= 0.3 is 12.0 Å². The SMILES string of the molecule is COc1cccc(NCCN2N=C(C)C[N+]3=C2N=C2C3C(=O)N(C)C(=O)N2C)c1. The van der Waals surface area contributed by atoms with Crippen molar-refractivity contribution >= 4 is 35.1 Å². The van der Waals surface area contributed by atoms with Crippen LogP contribution in [0.4, 0.5) is 10.5 Å². The molecule has 3 amide bonds. The summed E-state index contributed by atoms with van der Waals surface area (Å²) in [7, 11) is 4.77. The quantitative estimate of drug-likeness (QED) is 0.728. The second-order valence-corrected chi connectivity index (χ2v) is 7.16. The number of ether oxygens (including phenoxy) is 1. The molecule has 1 aromatic carbocycles. The van der Waals surface area contributed by atoms with E-state index in [9.17, 15) is 9.59 Å². The average Bonchev–Trinajstić information content (AvgIpc) is 3.10. The molecule has 0 saturated carbocycles. The molecule has 1 aromatic rings. The third kappa shape index (κ3) is 3.20. The summed E-state index contributed by atoms with van der Waals surface area (Å²) in [6.07, 6.45) is 0. The van der Waals surface area contributed by atoms with Gasteiger partial charge in [-0.1, -0.05) is 11.1 Å². The summed E-state index contributed by atoms with van der Waals surface area (Å²) in [5.74, 6) is 1.55. The molecule has 1 fully saturated rings. The van der Waals surface area contributed by atoms with Gasteiger partial charge in [-0.25, -0.2) is 9.37 Å². The molecule has 0 radical (unpaired) electrons. The predicted octanol–water partition coefficient (Wildman–Crippen LogP) is 0.472. The average molecular weight is 398 g/mol. The van der Waals surface area contributed by atoms with Crippen LogP contribution in [-0.2, 0) is 4.79 Å². The molecule has 29 heavy (non-hydrogen) atoms. The van der Waals surface area contributed by atoms with Gasteiger partial charge in [0.05, 0.1) is 12.8 Å². The zero-order chi connectivity index (χ0) is 20.7. The highest BCUT2D eigenvalue weighted by atomic mass is 16.5. The molecule has 152 valence electrons. The minimum Gasteiger partial charge on any atom is -0.497 e. The molecular weight excluding hydrogens is 374 g/mol. The van der Waals surface area contributed by atoms with Crippen LogP contribution in [0.2, 0.25) is 0 Å². The van der Waals surface area contributed by atoms with E-state index in [2.05, 4.69) is 15.4 Å². The van der Waals surface area contributed by atoms with E-state index < -0.39 is 6.04 Å². The summed E-state index contributed by atoms with van der Waals surface area (Å²) < 4.78 is 7.15. The number of aliphatic imine (C=N–C) groups is 1. The number of amides is 3. The van der Waals surface area contributed by atoms with Crippen molar-refractivity contribution in [3.05, 3.63) is 24.3 Å². The maximum absolute atomic E-state index is 12.8. The van der Waals surface area contributed by atoms with Gasteiger partial charge in [0, 0.05) is 32.4 Å². The number of hydrogen-bond acceptors (Lipinski definition) is 7. The number of guanidine groups is 1. The molecule has 3 heterocycles. The first-order valence-corrected chi connectivity index (χ1v) is 9.37. The molecule has 0 aromatic heterocycles. The number of nitrogens with zero attached hydrogens (tertiary/aromatic N) is 6. The Morgan fingerprint density at radius 2 is 2.07 bits per heavy atom. The number of amidine groups is 1. The lowest BCUT2D eigenvalue weighted by molar-refractivity contribution is -0.527. The van der Waals surface area contributed by atoms with Crippen LogP contribution in [-0.4, -0.2) is 95.7 Å². The lowest BCUT2D eigenvalue weighted by Gasteiger charge is -2.32. The molecule has 3 aliphatic heterocycles. The van der Waals surface area contributed by atoms with Gasteiger partial charge in [-0.3, -0.25) is 14.6 Å². The fourth-order valence-corrected chi connectivity index (χ4v) is 3.67. The first-order chi connectivity index (χ1) is 13.9. The zero-order valence-corrected chi connectivity index (χ0v) is 16.9. The molecule has 1 atom stereocenters. The summed E-state index contributed by atoms with van der Waals surface area (Å²) in [5, 5.41) is 9.73. The van der Waals surface area contributed by atoms with Crippen molar-refractivity contribution in [2.24, 2.45) is 10.1 Å². The molecule has 10 heteroatoms. The fraction of sp³-hybridized carbons (Fsp3) is 0.421. The molecule has 1 N–H and O–H groups in total. The smallest absolute Gasteiger partial charge is 0.416 e. The Morgan fingerprint density at radius 3 is 2.83 bits per heavy atom. The maximum Gasteiger partial charge on any atom is 0.416 e. The normalized spacial score (nSPS) is 21.1. The van der Waals surface area contributed by atoms with Gasteiger partial charge in [0.25, 0.3) is 5.91 Å². The zero-order valence-electron chi connectivity index (χ0n) is 16.9. The summed E-state index contributed by atoms with van der Waals surface area (Å²) in [5.41, 5.74) is 1.82. The molecule has 3 aliphatic rings. The molecular formula is C19H24N7O3+. The van der Waals surface area contributed by atoms with E-state index in [-0.39, 0.29) is 11.9 Å².